The number of carbonyl (C=O) groups excluding carboxylic acids is 1. The van der Waals surface area contributed by atoms with Gasteiger partial charge in [-0.1, -0.05) is 11.6 Å². The van der Waals surface area contributed by atoms with Gasteiger partial charge in [0.25, 0.3) is 5.91 Å². The Morgan fingerprint density at radius 3 is 2.37 bits per heavy atom. The third kappa shape index (κ3) is 8.34. The number of aromatic nitrogens is 2. The maximum absolute atomic E-state index is 13.8. The molecule has 0 saturated carbocycles. The van der Waals surface area contributed by atoms with Gasteiger partial charge in [-0.25, -0.2) is 4.99 Å². The van der Waals surface area contributed by atoms with E-state index in [4.69, 9.17) is 9.84 Å². The number of nitrogens with zero attached hydrogens (tertiary/aromatic N) is 3. The Kier molecular flexibility index (Phi) is 10.3. The molecular weight excluding hydrogens is 620 g/mol. The van der Waals surface area contributed by atoms with Crippen LogP contribution in [0.1, 0.15) is 52.5 Å². The average Bonchev–Trinajstić information content (AvgIpc) is 3.40. The molecule has 0 radical (unpaired) electrons. The molecule has 0 spiro atoms. The molecule has 1 amide bonds. The summed E-state index contributed by atoms with van der Waals surface area (Å²) in [6.07, 6.45) is -4.77. The number of halogens is 6. The summed E-state index contributed by atoms with van der Waals surface area (Å²) in [5.74, 6) is -0.553. The van der Waals surface area contributed by atoms with Crippen LogP contribution in [-0.2, 0) is 12.4 Å². The van der Waals surface area contributed by atoms with Crippen molar-refractivity contribution in [2.75, 3.05) is 25.6 Å². The first-order valence-electron chi connectivity index (χ1n) is 13.9. The molecule has 4 N–H and O–H groups in total. The highest BCUT2D eigenvalue weighted by atomic mass is 19.4. The van der Waals surface area contributed by atoms with Crippen LogP contribution in [0.5, 0.6) is 5.75 Å². The number of nitrogens with one attached hydrogen (secondary N) is 2. The minimum atomic E-state index is -4.68. The van der Waals surface area contributed by atoms with Crippen LogP contribution in [0.25, 0.3) is 11.4 Å². The second-order valence-electron chi connectivity index (χ2n) is 10.6. The van der Waals surface area contributed by atoms with Gasteiger partial charge >= 0.3 is 12.4 Å². The molecule has 0 bridgehead atoms. The van der Waals surface area contributed by atoms with E-state index in [0.29, 0.717) is 12.0 Å². The summed E-state index contributed by atoms with van der Waals surface area (Å²) in [7, 11) is 1.22. The molecule has 3 aromatic rings. The van der Waals surface area contributed by atoms with E-state index in [1.807, 2.05) is 0 Å². The van der Waals surface area contributed by atoms with Crippen LogP contribution in [0.3, 0.4) is 0 Å². The van der Waals surface area contributed by atoms with E-state index in [1.165, 1.54) is 43.1 Å². The zero-order valence-electron chi connectivity index (χ0n) is 24.9. The van der Waals surface area contributed by atoms with Crippen LogP contribution in [0.4, 0.5) is 32.0 Å². The summed E-state index contributed by atoms with van der Waals surface area (Å²) in [6.45, 7) is 2.41. The lowest BCUT2D eigenvalue weighted by Gasteiger charge is -2.20. The normalized spacial score (nSPS) is 15.0. The maximum atomic E-state index is 13.8. The quantitative estimate of drug-likeness (QED) is 0.225. The lowest BCUT2D eigenvalue weighted by molar-refractivity contribution is -0.138. The Morgan fingerprint density at radius 1 is 1.02 bits per heavy atom. The monoisotopic (exact) mass is 651 g/mol. The number of rotatable bonds is 8. The molecule has 9 nitrogen and oxygen atoms in total. The highest BCUT2D eigenvalue weighted by Gasteiger charge is 2.33. The summed E-state index contributed by atoms with van der Waals surface area (Å²) in [6, 6.07) is 5.43. The Labute approximate surface area is 259 Å². The molecule has 15 heteroatoms. The smallest absolute Gasteiger partial charge is 0.417 e. The minimum Gasteiger partial charge on any atom is -0.497 e. The predicted molar refractivity (Wildman–Crippen MR) is 159 cm³/mol. The number of carbonyl (C=O) groups is 1. The van der Waals surface area contributed by atoms with Crippen molar-refractivity contribution >= 4 is 28.8 Å². The molecule has 1 aromatic carbocycles. The summed E-state index contributed by atoms with van der Waals surface area (Å²) in [5.41, 5.74) is -0.363. The third-order valence-corrected chi connectivity index (χ3v) is 6.98. The molecule has 3 heterocycles. The number of aliphatic imine (C=N–C) groups is 1. The Morgan fingerprint density at radius 2 is 1.74 bits per heavy atom. The first-order valence-corrected chi connectivity index (χ1v) is 13.9. The van der Waals surface area contributed by atoms with Crippen LogP contribution in [-0.4, -0.2) is 57.9 Å². The van der Waals surface area contributed by atoms with E-state index >= 15 is 0 Å². The molecule has 1 unspecified atom stereocenters. The number of amidine groups is 1. The molecule has 2 aromatic heterocycles. The number of aliphatic hydroxyl groups excluding tert-OH is 2. The van der Waals surface area contributed by atoms with Gasteiger partial charge in [0.1, 0.15) is 17.4 Å². The molecule has 246 valence electrons. The van der Waals surface area contributed by atoms with E-state index in [9.17, 15) is 36.2 Å². The second kappa shape index (κ2) is 13.8. The predicted octanol–water partition coefficient (Wildman–Crippen LogP) is 5.90. The summed E-state index contributed by atoms with van der Waals surface area (Å²) in [5, 5.41) is 24.0. The number of pyridine rings is 1. The molecule has 1 aliphatic heterocycles. The van der Waals surface area contributed by atoms with E-state index in [1.54, 1.807) is 13.0 Å². The number of alkyl halides is 6. The van der Waals surface area contributed by atoms with Crippen molar-refractivity contribution in [3.05, 3.63) is 88.5 Å². The lowest BCUT2D eigenvalue weighted by Crippen LogP contribution is -2.33. The van der Waals surface area contributed by atoms with E-state index < -0.39 is 42.1 Å². The number of amides is 1. The second-order valence-corrected chi connectivity index (χ2v) is 10.6. The number of anilines is 1. The van der Waals surface area contributed by atoms with Gasteiger partial charge in [0, 0.05) is 60.1 Å². The third-order valence-electron chi connectivity index (χ3n) is 6.98. The number of hydrogen-bond donors (Lipinski definition) is 4. The SMILES string of the molecule is COc1cc(NC2=NC(n3cc(C(F)(F)F)cc3C)=C(c3cncc(C(=O)NCC(O)CO)c3)C=C(C)CC2)cc(C(F)(F)F)c1. The van der Waals surface area contributed by atoms with Crippen molar-refractivity contribution in [1.82, 2.24) is 14.9 Å². The largest absolute Gasteiger partial charge is 0.497 e. The Balaban J connectivity index is 1.91. The standard InChI is InChI=1S/C31H31F6N5O4/c1-17-4-5-27(40-23-9-21(30(32,33)34)10-25(11-23)46-3)41-28(42-15-22(7-18(42)2)31(35,36)37)26(6-17)19-8-20(13-38-12-19)29(45)39-14-24(44)16-43/h6-13,15,24,43-44H,4-5,14,16H2,1-3H3,(H,39,45)(H,40,41). The maximum Gasteiger partial charge on any atom is 0.417 e. The lowest BCUT2D eigenvalue weighted by atomic mass is 9.99. The van der Waals surface area contributed by atoms with Crippen LogP contribution in [0, 0.1) is 6.92 Å². The average molecular weight is 652 g/mol. The summed E-state index contributed by atoms with van der Waals surface area (Å²) in [4.78, 5) is 21.6. The molecule has 0 fully saturated rings. The van der Waals surface area contributed by atoms with Crippen LogP contribution in [0.2, 0.25) is 0 Å². The van der Waals surface area contributed by atoms with E-state index in [-0.39, 0.29) is 52.9 Å². The topological polar surface area (TPSA) is 121 Å². The fraction of sp³-hybridized carbons (Fsp3) is 0.323. The number of ether oxygens (including phenoxy) is 1. The van der Waals surface area contributed by atoms with Gasteiger partial charge in [-0.05, 0) is 44.5 Å². The van der Waals surface area contributed by atoms with Gasteiger partial charge in [0.2, 0.25) is 0 Å². The molecule has 1 atom stereocenters. The summed E-state index contributed by atoms with van der Waals surface area (Å²) < 4.78 is 88.4. The van der Waals surface area contributed by atoms with Gasteiger partial charge in [-0.15, -0.1) is 0 Å². The molecular formula is C31H31F6N5O4. The molecule has 4 rings (SSSR count). The first-order chi connectivity index (χ1) is 21.6. The molecule has 0 saturated heterocycles. The van der Waals surface area contributed by atoms with E-state index in [2.05, 4.69) is 20.6 Å². The highest BCUT2D eigenvalue weighted by molar-refractivity contribution is 6.03. The fourth-order valence-electron chi connectivity index (χ4n) is 4.59. The van der Waals surface area contributed by atoms with Crippen molar-refractivity contribution in [2.24, 2.45) is 4.99 Å². The number of aryl methyl sites for hydroxylation is 1. The van der Waals surface area contributed by atoms with Gasteiger partial charge in [-0.2, -0.15) is 26.3 Å². The van der Waals surface area contributed by atoms with Gasteiger partial charge in [0.05, 0.1) is 36.5 Å². The number of hydrogen-bond acceptors (Lipinski definition) is 7. The van der Waals surface area contributed by atoms with Crippen LogP contribution < -0.4 is 15.4 Å². The van der Waals surface area contributed by atoms with Crippen molar-refractivity contribution in [3.63, 3.8) is 0 Å². The van der Waals surface area contributed by atoms with Crippen molar-refractivity contribution in [2.45, 2.75) is 45.1 Å². The molecule has 0 aliphatic carbocycles. The first kappa shape index (κ1) is 34.2. The van der Waals surface area contributed by atoms with Crippen molar-refractivity contribution < 1.29 is 46.1 Å². The van der Waals surface area contributed by atoms with Gasteiger partial charge in [0.15, 0.2) is 0 Å². The van der Waals surface area contributed by atoms with Gasteiger partial charge < -0.3 is 30.2 Å². The molecule has 46 heavy (non-hydrogen) atoms. The number of methoxy groups -OCH3 is 1. The zero-order valence-corrected chi connectivity index (χ0v) is 24.9. The highest BCUT2D eigenvalue weighted by Crippen LogP contribution is 2.37. The van der Waals surface area contributed by atoms with Gasteiger partial charge in [-0.3, -0.25) is 9.78 Å². The Bertz CT molecular complexity index is 1690. The number of aliphatic hydroxyl groups is 2. The van der Waals surface area contributed by atoms with E-state index in [0.717, 1.165) is 30.0 Å². The van der Waals surface area contributed by atoms with Crippen molar-refractivity contribution in [3.8, 4) is 5.75 Å². The van der Waals surface area contributed by atoms with Crippen molar-refractivity contribution in [1.29, 1.82) is 0 Å². The summed E-state index contributed by atoms with van der Waals surface area (Å²) >= 11 is 0. The minimum absolute atomic E-state index is 0.000795. The Hall–Kier alpha value is -4.63. The molecule has 1 aliphatic rings. The number of benzene rings is 1. The van der Waals surface area contributed by atoms with Crippen LogP contribution >= 0.6 is 0 Å². The fourth-order valence-corrected chi connectivity index (χ4v) is 4.59. The van der Waals surface area contributed by atoms with Crippen LogP contribution in [0.15, 0.2) is 65.6 Å². The number of allylic oxidation sites excluding steroid dienone is 3. The zero-order chi connectivity index (χ0) is 33.8.